The summed E-state index contributed by atoms with van der Waals surface area (Å²) in [6.07, 6.45) is 5.66. The van der Waals surface area contributed by atoms with E-state index in [1.54, 1.807) is 0 Å². The molecule has 0 saturated heterocycles. The highest BCUT2D eigenvalue weighted by atomic mass is 28.4. The summed E-state index contributed by atoms with van der Waals surface area (Å²) in [5.41, 5.74) is 1.04. The largest absolute Gasteiger partial charge is 0.407 e. The summed E-state index contributed by atoms with van der Waals surface area (Å²) in [4.78, 5) is 12.2. The number of Topliss-reactive ketones (excluding diaryl/α,β-unsaturated/α-hetero) is 1. The molecule has 2 nitrogen and oxygen atoms in total. The molecule has 1 aliphatic carbocycles. The van der Waals surface area contributed by atoms with E-state index < -0.39 is 8.32 Å². The molecule has 0 saturated carbocycles. The third-order valence-electron chi connectivity index (χ3n) is 6.12. The van der Waals surface area contributed by atoms with Gasteiger partial charge in [-0.2, -0.15) is 0 Å². The first-order valence-electron chi connectivity index (χ1n) is 11.2. The molecule has 1 aliphatic rings. The fraction of sp³-hybridized carbons (Fsp3) is 0.444. The van der Waals surface area contributed by atoms with Crippen LogP contribution in [-0.4, -0.2) is 20.7 Å². The average molecular weight is 421 g/mol. The summed E-state index contributed by atoms with van der Waals surface area (Å²) >= 11 is 0. The number of allylic oxidation sites excluding steroid dienone is 2. The molecule has 0 atom stereocenters. The lowest BCUT2D eigenvalue weighted by Gasteiger charge is -2.43. The highest BCUT2D eigenvalue weighted by molar-refractivity contribution is 6.99. The minimum Gasteiger partial charge on any atom is -0.407 e. The van der Waals surface area contributed by atoms with Crippen LogP contribution in [0.4, 0.5) is 0 Å². The Kier molecular flexibility index (Phi) is 6.83. The number of carbonyl (C=O) groups excluding carboxylic acids is 1. The first-order chi connectivity index (χ1) is 14.2. The van der Waals surface area contributed by atoms with Crippen molar-refractivity contribution >= 4 is 24.5 Å². The van der Waals surface area contributed by atoms with E-state index in [9.17, 15) is 4.79 Å². The van der Waals surface area contributed by atoms with Gasteiger partial charge in [0.1, 0.15) is 0 Å². The maximum Gasteiger partial charge on any atom is 0.261 e. The minimum absolute atomic E-state index is 0.00365. The molecule has 0 spiro atoms. The van der Waals surface area contributed by atoms with E-state index in [-0.39, 0.29) is 10.5 Å². The summed E-state index contributed by atoms with van der Waals surface area (Å²) in [5, 5.41) is 2.64. The van der Waals surface area contributed by atoms with Crippen molar-refractivity contribution in [3.63, 3.8) is 0 Å². The van der Waals surface area contributed by atoms with Crippen LogP contribution in [0.3, 0.4) is 0 Å². The van der Waals surface area contributed by atoms with Gasteiger partial charge in [-0.25, -0.2) is 0 Å². The van der Waals surface area contributed by atoms with Crippen molar-refractivity contribution in [3.8, 4) is 0 Å². The van der Waals surface area contributed by atoms with Gasteiger partial charge in [0.25, 0.3) is 8.32 Å². The Bertz CT molecular complexity index is 837. The van der Waals surface area contributed by atoms with Gasteiger partial charge < -0.3 is 4.43 Å². The maximum atomic E-state index is 12.2. The van der Waals surface area contributed by atoms with Gasteiger partial charge >= 0.3 is 0 Å². The topological polar surface area (TPSA) is 26.3 Å². The number of hydrogen-bond acceptors (Lipinski definition) is 2. The summed E-state index contributed by atoms with van der Waals surface area (Å²) in [6.45, 7) is 11.9. The average Bonchev–Trinajstić information content (AvgIpc) is 2.96. The van der Waals surface area contributed by atoms with Crippen molar-refractivity contribution in [2.75, 3.05) is 6.61 Å². The number of carbonyl (C=O) groups is 1. The molecular weight excluding hydrogens is 384 g/mol. The van der Waals surface area contributed by atoms with Gasteiger partial charge in [-0.3, -0.25) is 4.79 Å². The second-order valence-corrected chi connectivity index (χ2v) is 14.5. The van der Waals surface area contributed by atoms with E-state index in [1.165, 1.54) is 10.4 Å². The summed E-state index contributed by atoms with van der Waals surface area (Å²) in [6, 6.07) is 21.6. The molecule has 30 heavy (non-hydrogen) atoms. The molecule has 0 heterocycles. The first kappa shape index (κ1) is 22.7. The lowest BCUT2D eigenvalue weighted by molar-refractivity contribution is -0.116. The van der Waals surface area contributed by atoms with E-state index in [0.29, 0.717) is 12.2 Å². The Morgan fingerprint density at radius 3 is 1.87 bits per heavy atom. The number of unbranched alkanes of at least 4 members (excludes halogenated alkanes) is 1. The standard InChI is InChI=1S/C27H36O2Si/c1-26(2,3)30(23-15-8-6-9-16-23,24-17-10-7-11-18-24)29-19-13-12-14-22-20-27(4,5)21-25(22)28/h6-11,15-18,20H,12-14,19,21H2,1-5H3. The Morgan fingerprint density at radius 1 is 0.900 bits per heavy atom. The number of rotatable bonds is 8. The van der Waals surface area contributed by atoms with Gasteiger partial charge in [0, 0.05) is 13.0 Å². The molecule has 0 radical (unpaired) electrons. The second kappa shape index (κ2) is 9.03. The number of hydrogen-bond donors (Lipinski definition) is 0. The van der Waals surface area contributed by atoms with E-state index in [2.05, 4.69) is 101 Å². The molecule has 0 aliphatic heterocycles. The summed E-state index contributed by atoms with van der Waals surface area (Å²) in [7, 11) is -2.45. The SMILES string of the molecule is CC1(C)C=C(CCCCO[Si](c2ccccc2)(c2ccccc2)C(C)(C)C)C(=O)C1. The second-order valence-electron chi connectivity index (χ2n) is 10.2. The Morgan fingerprint density at radius 2 is 1.43 bits per heavy atom. The van der Waals surface area contributed by atoms with Crippen molar-refractivity contribution < 1.29 is 9.22 Å². The maximum absolute atomic E-state index is 12.2. The van der Waals surface area contributed by atoms with Crippen LogP contribution < -0.4 is 10.4 Å². The molecule has 0 unspecified atom stereocenters. The number of benzene rings is 2. The van der Waals surface area contributed by atoms with Crippen LogP contribution in [-0.2, 0) is 9.22 Å². The van der Waals surface area contributed by atoms with Gasteiger partial charge in [0.15, 0.2) is 5.78 Å². The third kappa shape index (κ3) is 4.84. The van der Waals surface area contributed by atoms with Crippen molar-refractivity contribution in [3.05, 3.63) is 72.3 Å². The molecular formula is C27H36O2Si. The Balaban J connectivity index is 1.76. The molecule has 3 rings (SSSR count). The van der Waals surface area contributed by atoms with E-state index in [1.807, 2.05) is 0 Å². The first-order valence-corrected chi connectivity index (χ1v) is 13.1. The monoisotopic (exact) mass is 420 g/mol. The number of ketones is 1. The predicted octanol–water partition coefficient (Wildman–Crippen LogP) is 5.66. The van der Waals surface area contributed by atoms with Crippen molar-refractivity contribution in [2.45, 2.75) is 65.3 Å². The zero-order chi connectivity index (χ0) is 21.8. The van der Waals surface area contributed by atoms with Crippen LogP contribution in [0.5, 0.6) is 0 Å². The van der Waals surface area contributed by atoms with Crippen LogP contribution in [0.25, 0.3) is 0 Å². The Hall–Kier alpha value is -1.97. The van der Waals surface area contributed by atoms with Gasteiger partial charge in [-0.15, -0.1) is 0 Å². The third-order valence-corrected chi connectivity index (χ3v) is 11.2. The van der Waals surface area contributed by atoms with Crippen molar-refractivity contribution in [1.29, 1.82) is 0 Å². The smallest absolute Gasteiger partial charge is 0.261 e. The molecule has 160 valence electrons. The van der Waals surface area contributed by atoms with E-state index in [4.69, 9.17) is 4.43 Å². The minimum atomic E-state index is -2.45. The zero-order valence-electron chi connectivity index (χ0n) is 19.2. The Labute approximate surface area is 183 Å². The molecule has 0 amide bonds. The van der Waals surface area contributed by atoms with Gasteiger partial charge in [-0.1, -0.05) is 101 Å². The normalized spacial score (nSPS) is 16.6. The molecule has 2 aromatic carbocycles. The fourth-order valence-electron chi connectivity index (χ4n) is 4.75. The molecule has 3 heteroatoms. The highest BCUT2D eigenvalue weighted by Crippen LogP contribution is 2.37. The summed E-state index contributed by atoms with van der Waals surface area (Å²) in [5.74, 6) is 0.327. The predicted molar refractivity (Wildman–Crippen MR) is 129 cm³/mol. The van der Waals surface area contributed by atoms with Crippen LogP contribution >= 0.6 is 0 Å². The molecule has 0 fully saturated rings. The molecule has 0 N–H and O–H groups in total. The van der Waals surface area contributed by atoms with E-state index in [0.717, 1.165) is 31.4 Å². The molecule has 0 bridgehead atoms. The van der Waals surface area contributed by atoms with Gasteiger partial charge in [-0.05, 0) is 45.7 Å². The van der Waals surface area contributed by atoms with Crippen LogP contribution in [0.2, 0.25) is 5.04 Å². The van der Waals surface area contributed by atoms with Gasteiger partial charge in [0.05, 0.1) is 0 Å². The van der Waals surface area contributed by atoms with Crippen LogP contribution in [0, 0.1) is 5.41 Å². The molecule has 2 aromatic rings. The highest BCUT2D eigenvalue weighted by Gasteiger charge is 2.49. The van der Waals surface area contributed by atoms with Crippen LogP contribution in [0.1, 0.15) is 60.3 Å². The molecule has 0 aromatic heterocycles. The van der Waals surface area contributed by atoms with Gasteiger partial charge in [0.2, 0.25) is 0 Å². The van der Waals surface area contributed by atoms with Crippen molar-refractivity contribution in [1.82, 2.24) is 0 Å². The lowest BCUT2D eigenvalue weighted by atomic mass is 9.93. The van der Waals surface area contributed by atoms with E-state index >= 15 is 0 Å². The van der Waals surface area contributed by atoms with Crippen LogP contribution in [0.15, 0.2) is 72.3 Å². The zero-order valence-corrected chi connectivity index (χ0v) is 20.2. The summed E-state index contributed by atoms with van der Waals surface area (Å²) < 4.78 is 6.93. The van der Waals surface area contributed by atoms with Crippen molar-refractivity contribution in [2.24, 2.45) is 5.41 Å². The lowest BCUT2D eigenvalue weighted by Crippen LogP contribution is -2.66. The fourth-order valence-corrected chi connectivity index (χ4v) is 9.35. The quantitative estimate of drug-likeness (QED) is 0.407.